The fraction of sp³-hybridized carbons (Fsp3) is 0.500. The van der Waals surface area contributed by atoms with Crippen LogP contribution in [0, 0.1) is 5.41 Å². The maximum Gasteiger partial charge on any atom is 0.138 e. The zero-order valence-corrected chi connectivity index (χ0v) is 11.8. The highest BCUT2D eigenvalue weighted by molar-refractivity contribution is 6.35. The van der Waals surface area contributed by atoms with Crippen LogP contribution in [0.3, 0.4) is 0 Å². The van der Waals surface area contributed by atoms with E-state index >= 15 is 0 Å². The van der Waals surface area contributed by atoms with Crippen molar-refractivity contribution in [1.82, 2.24) is 0 Å². The molecule has 0 saturated heterocycles. The Morgan fingerprint density at radius 3 is 2.31 bits per heavy atom. The van der Waals surface area contributed by atoms with Gasteiger partial charge < -0.3 is 4.74 Å². The molecule has 90 valence electrons. The smallest absolute Gasteiger partial charge is 0.138 e. The van der Waals surface area contributed by atoms with Gasteiger partial charge in [-0.25, -0.2) is 0 Å². The van der Waals surface area contributed by atoms with Gasteiger partial charge in [-0.15, -0.1) is 11.6 Å². The fourth-order valence-electron chi connectivity index (χ4n) is 1.16. The Bertz CT molecular complexity index is 358. The average Bonchev–Trinajstić information content (AvgIpc) is 2.14. The van der Waals surface area contributed by atoms with Gasteiger partial charge in [0.2, 0.25) is 0 Å². The monoisotopic (exact) mass is 280 g/mol. The molecule has 1 aromatic rings. The van der Waals surface area contributed by atoms with E-state index in [0.29, 0.717) is 21.7 Å². The summed E-state index contributed by atoms with van der Waals surface area (Å²) in [6, 6.07) is 5.17. The minimum atomic E-state index is -0.0900. The number of ether oxygens (including phenoxy) is 1. The molecule has 0 spiro atoms. The summed E-state index contributed by atoms with van der Waals surface area (Å²) >= 11 is 17.7. The van der Waals surface area contributed by atoms with Crippen molar-refractivity contribution in [2.24, 2.45) is 5.41 Å². The van der Waals surface area contributed by atoms with Gasteiger partial charge in [-0.3, -0.25) is 0 Å². The Hall–Kier alpha value is -0.110. The van der Waals surface area contributed by atoms with Crippen LogP contribution >= 0.6 is 34.8 Å². The number of halogens is 3. The lowest BCUT2D eigenvalue weighted by molar-refractivity contribution is 0.107. The van der Waals surface area contributed by atoms with Crippen molar-refractivity contribution < 1.29 is 4.74 Å². The van der Waals surface area contributed by atoms with Gasteiger partial charge in [0.05, 0.1) is 10.9 Å². The molecule has 4 heteroatoms. The van der Waals surface area contributed by atoms with Gasteiger partial charge in [-0.2, -0.15) is 0 Å². The predicted molar refractivity (Wildman–Crippen MR) is 71.1 cm³/mol. The maximum atomic E-state index is 6.03. The molecule has 1 aromatic carbocycles. The van der Waals surface area contributed by atoms with Crippen LogP contribution in [0.1, 0.15) is 20.8 Å². The lowest BCUT2D eigenvalue weighted by atomic mass is 9.90. The summed E-state index contributed by atoms with van der Waals surface area (Å²) in [6.07, 6.45) is -0.0900. The van der Waals surface area contributed by atoms with Crippen LogP contribution in [-0.2, 0) is 0 Å². The zero-order valence-electron chi connectivity index (χ0n) is 9.56. The van der Waals surface area contributed by atoms with E-state index in [1.165, 1.54) is 0 Å². The number of benzene rings is 1. The van der Waals surface area contributed by atoms with Gasteiger partial charge in [0, 0.05) is 10.4 Å². The number of rotatable bonds is 3. The summed E-state index contributed by atoms with van der Waals surface area (Å²) in [5, 5.41) is 1.10. The van der Waals surface area contributed by atoms with Crippen LogP contribution in [-0.4, -0.2) is 12.0 Å². The van der Waals surface area contributed by atoms with Gasteiger partial charge in [0.1, 0.15) is 11.9 Å². The average molecular weight is 282 g/mol. The van der Waals surface area contributed by atoms with Crippen LogP contribution in [0.25, 0.3) is 0 Å². The zero-order chi connectivity index (χ0) is 12.3. The highest BCUT2D eigenvalue weighted by atomic mass is 35.5. The van der Waals surface area contributed by atoms with Crippen LogP contribution in [0.2, 0.25) is 10.0 Å². The molecule has 1 unspecified atom stereocenters. The van der Waals surface area contributed by atoms with Crippen LogP contribution in [0.5, 0.6) is 5.75 Å². The van der Waals surface area contributed by atoms with E-state index in [4.69, 9.17) is 39.5 Å². The Morgan fingerprint density at radius 1 is 1.25 bits per heavy atom. The Labute approximate surface area is 112 Å². The molecule has 0 aliphatic rings. The van der Waals surface area contributed by atoms with Crippen molar-refractivity contribution in [3.63, 3.8) is 0 Å². The number of hydrogen-bond acceptors (Lipinski definition) is 1. The summed E-state index contributed by atoms with van der Waals surface area (Å²) in [4.78, 5) is 0. The van der Waals surface area contributed by atoms with Crippen molar-refractivity contribution in [2.45, 2.75) is 26.9 Å². The van der Waals surface area contributed by atoms with E-state index in [9.17, 15) is 0 Å². The lowest BCUT2D eigenvalue weighted by Gasteiger charge is -2.29. The van der Waals surface area contributed by atoms with Crippen molar-refractivity contribution >= 4 is 34.8 Å². The molecule has 0 fully saturated rings. The fourth-order valence-corrected chi connectivity index (χ4v) is 2.14. The molecular weight excluding hydrogens is 266 g/mol. The Morgan fingerprint density at radius 2 is 1.88 bits per heavy atom. The summed E-state index contributed by atoms with van der Waals surface area (Å²) in [5.41, 5.74) is -0.0370. The molecule has 16 heavy (non-hydrogen) atoms. The Balaban J connectivity index is 2.86. The van der Waals surface area contributed by atoms with E-state index in [1.807, 2.05) is 0 Å². The maximum absolute atomic E-state index is 6.03. The predicted octanol–water partition coefficient (Wildman–Crippen LogP) is 5.03. The normalized spacial score (nSPS) is 13.6. The Kier molecular flexibility index (Phi) is 4.78. The van der Waals surface area contributed by atoms with E-state index in [1.54, 1.807) is 18.2 Å². The van der Waals surface area contributed by atoms with Crippen molar-refractivity contribution in [3.05, 3.63) is 28.2 Å². The minimum absolute atomic E-state index is 0.0370. The van der Waals surface area contributed by atoms with E-state index < -0.39 is 0 Å². The molecular formula is C12H15Cl3O. The van der Waals surface area contributed by atoms with Gasteiger partial charge in [-0.05, 0) is 18.2 Å². The molecule has 0 N–H and O–H groups in total. The summed E-state index contributed by atoms with van der Waals surface area (Å²) < 4.78 is 5.79. The molecule has 1 nitrogen and oxygen atoms in total. The molecule has 0 aromatic heterocycles. The summed E-state index contributed by atoms with van der Waals surface area (Å²) in [5.74, 6) is 1.04. The first kappa shape index (κ1) is 14.0. The summed E-state index contributed by atoms with van der Waals surface area (Å²) in [6.45, 7) is 6.22. The molecule has 0 aliphatic carbocycles. The minimum Gasteiger partial charge on any atom is -0.487 e. The van der Waals surface area contributed by atoms with Crippen molar-refractivity contribution in [2.75, 3.05) is 5.88 Å². The van der Waals surface area contributed by atoms with Crippen LogP contribution in [0.15, 0.2) is 18.2 Å². The topological polar surface area (TPSA) is 9.23 Å². The highest BCUT2D eigenvalue weighted by Gasteiger charge is 2.26. The van der Waals surface area contributed by atoms with Gasteiger partial charge in [-0.1, -0.05) is 44.0 Å². The van der Waals surface area contributed by atoms with Gasteiger partial charge in [0.25, 0.3) is 0 Å². The molecule has 0 bridgehead atoms. The van der Waals surface area contributed by atoms with Crippen LogP contribution in [0.4, 0.5) is 0 Å². The van der Waals surface area contributed by atoms with Crippen LogP contribution < -0.4 is 4.74 Å². The van der Waals surface area contributed by atoms with E-state index in [-0.39, 0.29) is 11.5 Å². The quantitative estimate of drug-likeness (QED) is 0.706. The van der Waals surface area contributed by atoms with Crippen molar-refractivity contribution in [1.29, 1.82) is 0 Å². The van der Waals surface area contributed by atoms with Crippen molar-refractivity contribution in [3.8, 4) is 5.75 Å². The first-order chi connectivity index (χ1) is 7.34. The standard InChI is InChI=1S/C12H15Cl3O/c1-12(2,3)11(7-13)16-10-5-4-8(14)6-9(10)15/h4-6,11H,7H2,1-3H3. The molecule has 0 radical (unpaired) electrons. The molecule has 0 amide bonds. The molecule has 1 atom stereocenters. The first-order valence-corrected chi connectivity index (χ1v) is 6.31. The largest absolute Gasteiger partial charge is 0.487 e. The molecule has 0 saturated carbocycles. The van der Waals surface area contributed by atoms with E-state index in [2.05, 4.69) is 20.8 Å². The molecule has 0 heterocycles. The third-order valence-corrected chi connectivity index (χ3v) is 3.08. The van der Waals surface area contributed by atoms with Gasteiger partial charge >= 0.3 is 0 Å². The third-order valence-electron chi connectivity index (χ3n) is 2.27. The van der Waals surface area contributed by atoms with Gasteiger partial charge in [0.15, 0.2) is 0 Å². The summed E-state index contributed by atoms with van der Waals surface area (Å²) in [7, 11) is 0. The number of hydrogen-bond donors (Lipinski definition) is 0. The third kappa shape index (κ3) is 3.73. The first-order valence-electron chi connectivity index (χ1n) is 5.02. The second kappa shape index (κ2) is 5.48. The van der Waals surface area contributed by atoms with E-state index in [0.717, 1.165) is 0 Å². The molecule has 0 aliphatic heterocycles. The lowest BCUT2D eigenvalue weighted by Crippen LogP contribution is -2.33. The second-order valence-electron chi connectivity index (χ2n) is 4.70. The second-order valence-corrected chi connectivity index (χ2v) is 5.85. The molecule has 1 rings (SSSR count). The number of alkyl halides is 1. The highest BCUT2D eigenvalue weighted by Crippen LogP contribution is 2.32. The SMILES string of the molecule is CC(C)(C)C(CCl)Oc1ccc(Cl)cc1Cl.